The predicted molar refractivity (Wildman–Crippen MR) is 89.1 cm³/mol. The Balaban J connectivity index is 1.82. The molecule has 0 fully saturated rings. The number of benzene rings is 2. The molecule has 0 aliphatic carbocycles. The first-order chi connectivity index (χ1) is 10.1. The SMILES string of the molecule is Cc1ccc(SC(C)C(=O)c2c[nH]c3ccccc23)cc1. The van der Waals surface area contributed by atoms with E-state index in [1.54, 1.807) is 11.8 Å². The smallest absolute Gasteiger partial charge is 0.178 e. The van der Waals surface area contributed by atoms with Crippen molar-refractivity contribution in [2.45, 2.75) is 24.0 Å². The second kappa shape index (κ2) is 5.78. The summed E-state index contributed by atoms with van der Waals surface area (Å²) in [6.45, 7) is 4.03. The van der Waals surface area contributed by atoms with Gasteiger partial charge in [-0.05, 0) is 32.0 Å². The number of carbonyl (C=O) groups excluding carboxylic acids is 1. The van der Waals surface area contributed by atoms with E-state index in [4.69, 9.17) is 0 Å². The van der Waals surface area contributed by atoms with Gasteiger partial charge in [0.05, 0.1) is 5.25 Å². The molecule has 1 aromatic heterocycles. The highest BCUT2D eigenvalue weighted by Gasteiger charge is 2.19. The van der Waals surface area contributed by atoms with Crippen LogP contribution in [-0.4, -0.2) is 16.0 Å². The molecule has 0 bridgehead atoms. The summed E-state index contributed by atoms with van der Waals surface area (Å²) in [5, 5.41) is 0.894. The summed E-state index contributed by atoms with van der Waals surface area (Å²) >= 11 is 1.60. The van der Waals surface area contributed by atoms with E-state index in [1.807, 2.05) is 37.4 Å². The molecule has 0 saturated carbocycles. The van der Waals surface area contributed by atoms with E-state index >= 15 is 0 Å². The van der Waals surface area contributed by atoms with Crippen molar-refractivity contribution in [3.8, 4) is 0 Å². The van der Waals surface area contributed by atoms with Crippen LogP contribution in [0.15, 0.2) is 59.6 Å². The van der Waals surface area contributed by atoms with Crippen LogP contribution in [0.5, 0.6) is 0 Å². The molecule has 2 aromatic carbocycles. The predicted octanol–water partition coefficient (Wildman–Crippen LogP) is 4.84. The minimum atomic E-state index is -0.105. The number of aromatic nitrogens is 1. The average Bonchev–Trinajstić information content (AvgIpc) is 2.92. The molecule has 1 unspecified atom stereocenters. The number of carbonyl (C=O) groups is 1. The molecule has 2 nitrogen and oxygen atoms in total. The second-order valence-corrected chi connectivity index (χ2v) is 6.60. The standard InChI is InChI=1S/C18H17NOS/c1-12-7-9-14(10-8-12)21-13(2)18(20)16-11-19-17-6-4-3-5-15(16)17/h3-11,13,19H,1-2H3. The number of hydrogen-bond acceptors (Lipinski definition) is 2. The van der Waals surface area contributed by atoms with Gasteiger partial charge >= 0.3 is 0 Å². The molecule has 1 heterocycles. The number of Topliss-reactive ketones (excluding diaryl/α,β-unsaturated/α-hetero) is 1. The van der Waals surface area contributed by atoms with Gasteiger partial charge in [0.2, 0.25) is 0 Å². The molecule has 0 aliphatic rings. The second-order valence-electron chi connectivity index (χ2n) is 5.19. The highest BCUT2D eigenvalue weighted by atomic mass is 32.2. The van der Waals surface area contributed by atoms with Crippen LogP contribution in [0.3, 0.4) is 0 Å². The quantitative estimate of drug-likeness (QED) is 0.552. The van der Waals surface area contributed by atoms with Gasteiger partial charge in [-0.1, -0.05) is 35.9 Å². The number of rotatable bonds is 4. The zero-order chi connectivity index (χ0) is 14.8. The minimum absolute atomic E-state index is 0.105. The van der Waals surface area contributed by atoms with Gasteiger partial charge in [-0.3, -0.25) is 4.79 Å². The number of H-pyrrole nitrogens is 1. The average molecular weight is 295 g/mol. The van der Waals surface area contributed by atoms with Gasteiger partial charge in [0, 0.05) is 27.6 Å². The third-order valence-corrected chi connectivity index (χ3v) is 4.67. The van der Waals surface area contributed by atoms with Crippen LogP contribution < -0.4 is 0 Å². The van der Waals surface area contributed by atoms with Crippen molar-refractivity contribution >= 4 is 28.4 Å². The minimum Gasteiger partial charge on any atom is -0.360 e. The van der Waals surface area contributed by atoms with E-state index in [0.717, 1.165) is 21.4 Å². The Morgan fingerprint density at radius 1 is 1.10 bits per heavy atom. The van der Waals surface area contributed by atoms with Crippen molar-refractivity contribution in [1.82, 2.24) is 4.98 Å². The summed E-state index contributed by atoms with van der Waals surface area (Å²) in [5.74, 6) is 0.165. The van der Waals surface area contributed by atoms with E-state index in [1.165, 1.54) is 5.56 Å². The van der Waals surface area contributed by atoms with Crippen molar-refractivity contribution < 1.29 is 4.79 Å². The Hall–Kier alpha value is -2.00. The molecule has 0 aliphatic heterocycles. The molecule has 0 spiro atoms. The number of ketones is 1. The molecule has 0 saturated heterocycles. The lowest BCUT2D eigenvalue weighted by Gasteiger charge is -2.10. The summed E-state index contributed by atoms with van der Waals surface area (Å²) in [7, 11) is 0. The lowest BCUT2D eigenvalue weighted by atomic mass is 10.1. The largest absolute Gasteiger partial charge is 0.360 e. The number of aryl methyl sites for hydroxylation is 1. The Bertz CT molecular complexity index is 773. The Morgan fingerprint density at radius 2 is 1.81 bits per heavy atom. The topological polar surface area (TPSA) is 32.9 Å². The fraction of sp³-hybridized carbons (Fsp3) is 0.167. The van der Waals surface area contributed by atoms with Gasteiger partial charge in [-0.25, -0.2) is 0 Å². The fourth-order valence-corrected chi connectivity index (χ4v) is 3.30. The Morgan fingerprint density at radius 3 is 2.57 bits per heavy atom. The maximum atomic E-state index is 12.7. The van der Waals surface area contributed by atoms with E-state index in [9.17, 15) is 4.79 Å². The monoisotopic (exact) mass is 295 g/mol. The molecule has 1 atom stereocenters. The van der Waals surface area contributed by atoms with Crippen LogP contribution >= 0.6 is 11.8 Å². The van der Waals surface area contributed by atoms with Crippen molar-refractivity contribution in [2.24, 2.45) is 0 Å². The van der Waals surface area contributed by atoms with E-state index < -0.39 is 0 Å². The van der Waals surface area contributed by atoms with Gasteiger partial charge in [-0.15, -0.1) is 11.8 Å². The number of thioether (sulfide) groups is 1. The van der Waals surface area contributed by atoms with Gasteiger partial charge in [-0.2, -0.15) is 0 Å². The number of fused-ring (bicyclic) bond motifs is 1. The van der Waals surface area contributed by atoms with Gasteiger partial charge < -0.3 is 4.98 Å². The first kappa shape index (κ1) is 14.0. The van der Waals surface area contributed by atoms with E-state index in [2.05, 4.69) is 36.2 Å². The molecule has 0 amide bonds. The van der Waals surface area contributed by atoms with Crippen molar-refractivity contribution in [3.05, 3.63) is 65.9 Å². The molecule has 21 heavy (non-hydrogen) atoms. The van der Waals surface area contributed by atoms with Crippen LogP contribution in [0.2, 0.25) is 0 Å². The van der Waals surface area contributed by atoms with Crippen LogP contribution in [0.25, 0.3) is 10.9 Å². The molecule has 0 radical (unpaired) electrons. The lowest BCUT2D eigenvalue weighted by molar-refractivity contribution is 0.0995. The first-order valence-electron chi connectivity index (χ1n) is 6.99. The molecule has 1 N–H and O–H groups in total. The molecule has 3 rings (SSSR count). The summed E-state index contributed by atoms with van der Waals surface area (Å²) in [6, 6.07) is 16.2. The number of aromatic amines is 1. The maximum absolute atomic E-state index is 12.7. The molecule has 106 valence electrons. The van der Waals surface area contributed by atoms with Crippen LogP contribution in [0.1, 0.15) is 22.8 Å². The van der Waals surface area contributed by atoms with Crippen molar-refractivity contribution in [3.63, 3.8) is 0 Å². The highest BCUT2D eigenvalue weighted by molar-refractivity contribution is 8.00. The number of para-hydroxylation sites is 1. The first-order valence-corrected chi connectivity index (χ1v) is 7.87. The van der Waals surface area contributed by atoms with Crippen LogP contribution in [-0.2, 0) is 0 Å². The van der Waals surface area contributed by atoms with E-state index in [-0.39, 0.29) is 11.0 Å². The summed E-state index contributed by atoms with van der Waals surface area (Å²) in [6.07, 6.45) is 1.82. The van der Waals surface area contributed by atoms with Gasteiger partial charge in [0.25, 0.3) is 0 Å². The summed E-state index contributed by atoms with van der Waals surface area (Å²) < 4.78 is 0. The number of nitrogens with one attached hydrogen (secondary N) is 1. The Labute approximate surface area is 128 Å². The third-order valence-electron chi connectivity index (χ3n) is 3.56. The molecule has 3 heteroatoms. The van der Waals surface area contributed by atoms with Crippen molar-refractivity contribution in [2.75, 3.05) is 0 Å². The third kappa shape index (κ3) is 2.88. The van der Waals surface area contributed by atoms with Crippen LogP contribution in [0.4, 0.5) is 0 Å². The lowest BCUT2D eigenvalue weighted by Crippen LogP contribution is -2.12. The van der Waals surface area contributed by atoms with Crippen molar-refractivity contribution in [1.29, 1.82) is 0 Å². The molecular weight excluding hydrogens is 278 g/mol. The zero-order valence-electron chi connectivity index (χ0n) is 12.1. The Kier molecular flexibility index (Phi) is 3.84. The molecule has 3 aromatic rings. The maximum Gasteiger partial charge on any atom is 0.178 e. The summed E-state index contributed by atoms with van der Waals surface area (Å²) in [5.41, 5.74) is 3.01. The zero-order valence-corrected chi connectivity index (χ0v) is 12.9. The van der Waals surface area contributed by atoms with Gasteiger partial charge in [0.15, 0.2) is 5.78 Å². The highest BCUT2D eigenvalue weighted by Crippen LogP contribution is 2.28. The normalized spacial score (nSPS) is 12.5. The van der Waals surface area contributed by atoms with E-state index in [0.29, 0.717) is 0 Å². The molecular formula is C18H17NOS. The fourth-order valence-electron chi connectivity index (χ4n) is 2.37. The number of hydrogen-bond donors (Lipinski definition) is 1. The van der Waals surface area contributed by atoms with Gasteiger partial charge in [0.1, 0.15) is 0 Å². The van der Waals surface area contributed by atoms with Crippen LogP contribution in [0, 0.1) is 6.92 Å². The summed E-state index contributed by atoms with van der Waals surface area (Å²) in [4.78, 5) is 16.9.